The fourth-order valence-corrected chi connectivity index (χ4v) is 7.96. The van der Waals surface area contributed by atoms with Crippen LogP contribution in [0.3, 0.4) is 0 Å². The third-order valence-corrected chi connectivity index (χ3v) is 12.3. The SMILES string of the molecule is CC/C=C\C/C=C\C/C=C\C/C=C\C/C=C\CCCCCC(=O)OCC(COC(=O)CCCCCCCCCCCCCCCCCC)OC(=O)CCC/C=C\C/C=C\C/C=C\CCCCCCCC. The summed E-state index contributed by atoms with van der Waals surface area (Å²) in [5, 5.41) is 0. The molecule has 0 fully saturated rings. The molecule has 6 nitrogen and oxygen atoms in total. The van der Waals surface area contributed by atoms with Gasteiger partial charge in [0.2, 0.25) is 0 Å². The molecule has 0 aromatic rings. The van der Waals surface area contributed by atoms with Crippen molar-refractivity contribution in [1.82, 2.24) is 0 Å². The highest BCUT2D eigenvalue weighted by atomic mass is 16.6. The minimum Gasteiger partial charge on any atom is -0.462 e. The second kappa shape index (κ2) is 57.9. The van der Waals surface area contributed by atoms with E-state index in [2.05, 4.69) is 118 Å². The number of carbonyl (C=O) groups is 3. The average Bonchev–Trinajstić information content (AvgIpc) is 3.36. The van der Waals surface area contributed by atoms with Crippen LogP contribution in [0.5, 0.6) is 0 Å². The maximum atomic E-state index is 12.8. The van der Waals surface area contributed by atoms with Crippen LogP contribution in [0.2, 0.25) is 0 Å². The van der Waals surface area contributed by atoms with Gasteiger partial charge in [-0.25, -0.2) is 0 Å². The van der Waals surface area contributed by atoms with Gasteiger partial charge in [-0.1, -0.05) is 253 Å². The Bertz CT molecular complexity index is 1400. The van der Waals surface area contributed by atoms with Crippen molar-refractivity contribution in [1.29, 1.82) is 0 Å². The van der Waals surface area contributed by atoms with Gasteiger partial charge in [-0.05, 0) is 96.3 Å². The van der Waals surface area contributed by atoms with E-state index in [-0.39, 0.29) is 37.5 Å². The largest absolute Gasteiger partial charge is 0.462 e. The van der Waals surface area contributed by atoms with Crippen LogP contribution in [0.1, 0.15) is 271 Å². The molecule has 1 atom stereocenters. The lowest BCUT2D eigenvalue weighted by molar-refractivity contribution is -0.167. The Balaban J connectivity index is 4.51. The molecule has 0 aliphatic heterocycles. The summed E-state index contributed by atoms with van der Waals surface area (Å²) in [5.41, 5.74) is 0. The number of carbonyl (C=O) groups excluding carboxylic acids is 3. The van der Waals surface area contributed by atoms with E-state index in [1.54, 1.807) is 0 Å². The summed E-state index contributed by atoms with van der Waals surface area (Å²) in [6, 6.07) is 0. The normalized spacial score (nSPS) is 12.8. The number of ether oxygens (including phenoxy) is 3. The molecular weight excluding hydrogens is 865 g/mol. The Morgan fingerprint density at radius 2 is 0.571 bits per heavy atom. The zero-order chi connectivity index (χ0) is 50.7. The van der Waals surface area contributed by atoms with Crippen molar-refractivity contribution < 1.29 is 28.6 Å². The number of allylic oxidation sites excluding steroid dienone is 16. The van der Waals surface area contributed by atoms with Gasteiger partial charge in [0.1, 0.15) is 13.2 Å². The van der Waals surface area contributed by atoms with Gasteiger partial charge in [-0.2, -0.15) is 0 Å². The van der Waals surface area contributed by atoms with E-state index in [1.807, 2.05) is 0 Å². The van der Waals surface area contributed by atoms with Gasteiger partial charge in [0, 0.05) is 19.3 Å². The first-order chi connectivity index (χ1) is 34.5. The molecule has 0 bridgehead atoms. The number of rotatable bonds is 52. The molecule has 0 aliphatic carbocycles. The standard InChI is InChI=1S/C64H108O6/c1-4-7-10-13-16-19-22-25-28-31-32-34-36-39-42-45-48-51-54-57-63(66)69-60-61(59-68-62(65)56-53-50-47-44-41-38-35-30-27-24-21-18-15-12-9-6-3)70-64(67)58-55-52-49-46-43-40-37-33-29-26-23-20-17-14-11-8-5-2/h7,10,16,19,25-26,28-29,32,34,37,39-40,42,46,49,61H,4-6,8-9,11-15,17-18,20-24,27,30-31,33,35-36,38,41,43-45,47-48,50-60H2,1-3H3/b10-7-,19-16-,28-25-,29-26-,34-32-,40-37-,42-39-,49-46-. The summed E-state index contributed by atoms with van der Waals surface area (Å²) in [4.78, 5) is 38.2. The molecule has 0 N–H and O–H groups in total. The Labute approximate surface area is 432 Å². The highest BCUT2D eigenvalue weighted by Crippen LogP contribution is 2.15. The quantitative estimate of drug-likeness (QED) is 0.0262. The molecule has 1 unspecified atom stereocenters. The molecule has 0 amide bonds. The Morgan fingerprint density at radius 1 is 0.300 bits per heavy atom. The van der Waals surface area contributed by atoms with Crippen LogP contribution in [0.4, 0.5) is 0 Å². The van der Waals surface area contributed by atoms with E-state index >= 15 is 0 Å². The number of unbranched alkanes of at least 4 members (excludes halogenated alkanes) is 25. The van der Waals surface area contributed by atoms with Crippen LogP contribution in [0, 0.1) is 0 Å². The van der Waals surface area contributed by atoms with E-state index in [4.69, 9.17) is 14.2 Å². The number of hydrogen-bond donors (Lipinski definition) is 0. The predicted octanol–water partition coefficient (Wildman–Crippen LogP) is 19.7. The molecule has 0 heterocycles. The first-order valence-electron chi connectivity index (χ1n) is 29.2. The van der Waals surface area contributed by atoms with Gasteiger partial charge in [-0.15, -0.1) is 0 Å². The topological polar surface area (TPSA) is 78.9 Å². The summed E-state index contributed by atoms with van der Waals surface area (Å²) in [6.07, 6.45) is 76.9. The number of hydrogen-bond acceptors (Lipinski definition) is 6. The Hall–Kier alpha value is -3.67. The minimum absolute atomic E-state index is 0.107. The van der Waals surface area contributed by atoms with Crippen LogP contribution in [-0.4, -0.2) is 37.2 Å². The summed E-state index contributed by atoms with van der Waals surface area (Å²) in [7, 11) is 0. The van der Waals surface area contributed by atoms with Crippen molar-refractivity contribution in [2.75, 3.05) is 13.2 Å². The van der Waals surface area contributed by atoms with E-state index in [1.165, 1.54) is 128 Å². The third kappa shape index (κ3) is 55.3. The maximum Gasteiger partial charge on any atom is 0.306 e. The summed E-state index contributed by atoms with van der Waals surface area (Å²) >= 11 is 0. The van der Waals surface area contributed by atoms with Crippen LogP contribution in [-0.2, 0) is 28.6 Å². The highest BCUT2D eigenvalue weighted by Gasteiger charge is 2.19. The minimum atomic E-state index is -0.818. The van der Waals surface area contributed by atoms with E-state index < -0.39 is 6.10 Å². The maximum absolute atomic E-state index is 12.8. The predicted molar refractivity (Wildman–Crippen MR) is 302 cm³/mol. The smallest absolute Gasteiger partial charge is 0.306 e. The van der Waals surface area contributed by atoms with Gasteiger partial charge < -0.3 is 14.2 Å². The van der Waals surface area contributed by atoms with Crippen molar-refractivity contribution in [3.8, 4) is 0 Å². The Morgan fingerprint density at radius 3 is 0.929 bits per heavy atom. The second-order valence-electron chi connectivity index (χ2n) is 19.2. The summed E-state index contributed by atoms with van der Waals surface area (Å²) in [5.74, 6) is -0.988. The van der Waals surface area contributed by atoms with Gasteiger partial charge in [-0.3, -0.25) is 14.4 Å². The molecule has 0 radical (unpaired) electrons. The lowest BCUT2D eigenvalue weighted by atomic mass is 10.0. The van der Waals surface area contributed by atoms with E-state index in [0.717, 1.165) is 96.3 Å². The van der Waals surface area contributed by atoms with Crippen LogP contribution in [0.25, 0.3) is 0 Å². The summed E-state index contributed by atoms with van der Waals surface area (Å²) < 4.78 is 16.8. The molecule has 0 aromatic carbocycles. The Kier molecular flexibility index (Phi) is 54.9. The fraction of sp³-hybridized carbons (Fsp3) is 0.703. The van der Waals surface area contributed by atoms with Crippen molar-refractivity contribution in [2.45, 2.75) is 277 Å². The molecule has 0 rings (SSSR count). The molecular formula is C64H108O6. The fourth-order valence-electron chi connectivity index (χ4n) is 7.96. The van der Waals surface area contributed by atoms with Crippen molar-refractivity contribution in [3.05, 3.63) is 97.2 Å². The molecule has 0 saturated carbocycles. The lowest BCUT2D eigenvalue weighted by Gasteiger charge is -2.18. The first-order valence-corrected chi connectivity index (χ1v) is 29.2. The van der Waals surface area contributed by atoms with Gasteiger partial charge in [0.25, 0.3) is 0 Å². The van der Waals surface area contributed by atoms with Crippen molar-refractivity contribution in [2.24, 2.45) is 0 Å². The first kappa shape index (κ1) is 66.3. The lowest BCUT2D eigenvalue weighted by Crippen LogP contribution is -2.30. The highest BCUT2D eigenvalue weighted by molar-refractivity contribution is 5.71. The molecule has 400 valence electrons. The van der Waals surface area contributed by atoms with E-state index in [9.17, 15) is 14.4 Å². The zero-order valence-corrected chi connectivity index (χ0v) is 45.8. The van der Waals surface area contributed by atoms with Gasteiger partial charge in [0.15, 0.2) is 6.10 Å². The van der Waals surface area contributed by atoms with Crippen molar-refractivity contribution in [3.63, 3.8) is 0 Å². The molecule has 0 saturated heterocycles. The third-order valence-electron chi connectivity index (χ3n) is 12.3. The van der Waals surface area contributed by atoms with Gasteiger partial charge >= 0.3 is 17.9 Å². The molecule has 0 aromatic heterocycles. The van der Waals surface area contributed by atoms with Crippen molar-refractivity contribution >= 4 is 17.9 Å². The second-order valence-corrected chi connectivity index (χ2v) is 19.2. The van der Waals surface area contributed by atoms with Crippen LogP contribution < -0.4 is 0 Å². The van der Waals surface area contributed by atoms with Crippen LogP contribution in [0.15, 0.2) is 97.2 Å². The molecule has 0 spiro atoms. The van der Waals surface area contributed by atoms with Crippen LogP contribution >= 0.6 is 0 Å². The van der Waals surface area contributed by atoms with E-state index in [0.29, 0.717) is 19.3 Å². The number of esters is 3. The zero-order valence-electron chi connectivity index (χ0n) is 45.8. The molecule has 0 aliphatic rings. The molecule has 70 heavy (non-hydrogen) atoms. The monoisotopic (exact) mass is 973 g/mol. The average molecular weight is 974 g/mol. The van der Waals surface area contributed by atoms with Gasteiger partial charge in [0.05, 0.1) is 0 Å². The summed E-state index contributed by atoms with van der Waals surface area (Å²) in [6.45, 7) is 6.47. The molecule has 6 heteroatoms.